The number of hydrogen-bond acceptors (Lipinski definition) is 3. The Labute approximate surface area is 184 Å². The Morgan fingerprint density at radius 1 is 1.13 bits per heavy atom. The van der Waals surface area contributed by atoms with Crippen LogP contribution in [0.4, 0.5) is 11.4 Å². The van der Waals surface area contributed by atoms with Crippen molar-refractivity contribution in [2.75, 3.05) is 24.3 Å². The van der Waals surface area contributed by atoms with Crippen molar-refractivity contribution >= 4 is 28.3 Å². The average molecular weight is 426 g/mol. The summed E-state index contributed by atoms with van der Waals surface area (Å²) in [6, 6.07) is 14.6. The second-order valence-corrected chi connectivity index (χ2v) is 9.80. The summed E-state index contributed by atoms with van der Waals surface area (Å²) >= 11 is 0. The molecule has 0 saturated heterocycles. The quantitative estimate of drug-likeness (QED) is 0.435. The number of unbranched alkanes of at least 4 members (excludes halogenated alkanes) is 2. The molecule has 0 amide bonds. The van der Waals surface area contributed by atoms with Gasteiger partial charge in [-0.1, -0.05) is 70.4 Å². The third kappa shape index (κ3) is 4.80. The topological polar surface area (TPSA) is 29.5 Å². The van der Waals surface area contributed by atoms with Crippen LogP contribution in [0.1, 0.15) is 57.9 Å². The van der Waals surface area contributed by atoms with Crippen molar-refractivity contribution in [2.45, 2.75) is 57.3 Å². The van der Waals surface area contributed by atoms with Crippen LogP contribution in [0.25, 0.3) is 6.08 Å². The molecule has 1 unspecified atom stereocenters. The maximum Gasteiger partial charge on any atom is 0.127 e. The van der Waals surface area contributed by atoms with Crippen molar-refractivity contribution in [1.82, 2.24) is 0 Å². The Bertz CT molecular complexity index is 870. The second-order valence-electron chi connectivity index (χ2n) is 8.38. The first kappa shape index (κ1) is 22.6. The van der Waals surface area contributed by atoms with E-state index in [1.807, 2.05) is 18.2 Å². The lowest BCUT2D eigenvalue weighted by Gasteiger charge is -2.37. The van der Waals surface area contributed by atoms with Gasteiger partial charge in [0, 0.05) is 29.0 Å². The van der Waals surface area contributed by atoms with E-state index in [0.717, 1.165) is 59.8 Å². The minimum atomic E-state index is -1.08. The molecular weight excluding hydrogens is 390 g/mol. The van der Waals surface area contributed by atoms with E-state index < -0.39 is 10.8 Å². The predicted octanol–water partition coefficient (Wildman–Crippen LogP) is 6.96. The molecule has 0 aliphatic carbocycles. The van der Waals surface area contributed by atoms with Crippen molar-refractivity contribution in [3.05, 3.63) is 54.6 Å². The minimum Gasteiger partial charge on any atom is -0.496 e. The summed E-state index contributed by atoms with van der Waals surface area (Å²) in [6.07, 6.45) is 8.69. The minimum absolute atomic E-state index is 0.0350. The Morgan fingerprint density at radius 3 is 2.37 bits per heavy atom. The van der Waals surface area contributed by atoms with E-state index in [4.69, 9.17) is 4.74 Å². The van der Waals surface area contributed by atoms with Gasteiger partial charge in [-0.2, -0.15) is 0 Å². The first-order chi connectivity index (χ1) is 14.6. The number of benzene rings is 2. The zero-order valence-corrected chi connectivity index (χ0v) is 19.5. The maximum atomic E-state index is 13.7. The molecule has 3 nitrogen and oxygen atoms in total. The average Bonchev–Trinajstić information content (AvgIpc) is 2.90. The summed E-state index contributed by atoms with van der Waals surface area (Å²) in [7, 11) is 0.581. The van der Waals surface area contributed by atoms with E-state index in [-0.39, 0.29) is 5.41 Å². The van der Waals surface area contributed by atoms with Gasteiger partial charge >= 0.3 is 0 Å². The molecule has 0 fully saturated rings. The molecule has 1 aliphatic heterocycles. The number of ether oxygens (including phenoxy) is 1. The van der Waals surface area contributed by atoms with Crippen LogP contribution in [0.15, 0.2) is 53.9 Å². The van der Waals surface area contributed by atoms with Gasteiger partial charge in [-0.15, -0.1) is 0 Å². The highest BCUT2D eigenvalue weighted by molar-refractivity contribution is 7.85. The second kappa shape index (κ2) is 10.3. The third-order valence-corrected chi connectivity index (χ3v) is 7.88. The SMILES string of the molecule is C=Cc1cc2c(cc1OC)S(=O)CC(CCCC)(CCCC)CN2c1ccccc1. The van der Waals surface area contributed by atoms with E-state index in [2.05, 4.69) is 55.7 Å². The van der Waals surface area contributed by atoms with Gasteiger partial charge in [0.25, 0.3) is 0 Å². The molecule has 1 atom stereocenters. The van der Waals surface area contributed by atoms with Crippen LogP contribution in [-0.4, -0.2) is 23.6 Å². The van der Waals surface area contributed by atoms with Crippen molar-refractivity contribution < 1.29 is 8.95 Å². The molecular formula is C26H35NO2S. The number of methoxy groups -OCH3 is 1. The Morgan fingerprint density at radius 2 is 1.80 bits per heavy atom. The number of para-hydroxylation sites is 1. The van der Waals surface area contributed by atoms with Gasteiger partial charge in [0.05, 0.1) is 28.5 Å². The summed E-state index contributed by atoms with van der Waals surface area (Å²) in [5.74, 6) is 1.44. The molecule has 2 aromatic carbocycles. The molecule has 1 heterocycles. The molecule has 162 valence electrons. The van der Waals surface area contributed by atoms with Crippen LogP contribution < -0.4 is 9.64 Å². The van der Waals surface area contributed by atoms with Crippen LogP contribution in [0.2, 0.25) is 0 Å². The Hall–Kier alpha value is -2.07. The van der Waals surface area contributed by atoms with Crippen LogP contribution in [0.3, 0.4) is 0 Å². The number of anilines is 2. The maximum absolute atomic E-state index is 13.7. The number of nitrogens with zero attached hydrogens (tertiary/aromatic N) is 1. The van der Waals surface area contributed by atoms with Crippen molar-refractivity contribution in [1.29, 1.82) is 0 Å². The van der Waals surface area contributed by atoms with Gasteiger partial charge in [-0.25, -0.2) is 0 Å². The molecule has 3 rings (SSSR count). The summed E-state index contributed by atoms with van der Waals surface area (Å²) in [5, 5.41) is 0. The summed E-state index contributed by atoms with van der Waals surface area (Å²) < 4.78 is 19.3. The van der Waals surface area contributed by atoms with Gasteiger partial charge in [0.1, 0.15) is 5.75 Å². The van der Waals surface area contributed by atoms with Crippen LogP contribution in [0, 0.1) is 5.41 Å². The van der Waals surface area contributed by atoms with Crippen molar-refractivity contribution in [3.8, 4) is 5.75 Å². The van der Waals surface area contributed by atoms with Crippen molar-refractivity contribution in [2.24, 2.45) is 5.41 Å². The normalized spacial score (nSPS) is 17.8. The molecule has 4 heteroatoms. The lowest BCUT2D eigenvalue weighted by atomic mass is 9.79. The number of fused-ring (bicyclic) bond motifs is 1. The number of hydrogen-bond donors (Lipinski definition) is 0. The lowest BCUT2D eigenvalue weighted by Crippen LogP contribution is -2.37. The molecule has 0 bridgehead atoms. The van der Waals surface area contributed by atoms with Gasteiger partial charge in [0.2, 0.25) is 0 Å². The molecule has 30 heavy (non-hydrogen) atoms. The van der Waals surface area contributed by atoms with E-state index >= 15 is 0 Å². The highest BCUT2D eigenvalue weighted by Crippen LogP contribution is 2.45. The molecule has 1 aliphatic rings. The van der Waals surface area contributed by atoms with Gasteiger partial charge < -0.3 is 9.64 Å². The third-order valence-electron chi connectivity index (χ3n) is 6.19. The summed E-state index contributed by atoms with van der Waals surface area (Å²) in [5.41, 5.74) is 3.14. The molecule has 0 spiro atoms. The number of rotatable bonds is 9. The first-order valence-electron chi connectivity index (χ1n) is 11.1. The first-order valence-corrected chi connectivity index (χ1v) is 12.4. The van der Waals surface area contributed by atoms with E-state index in [1.165, 1.54) is 12.8 Å². The summed E-state index contributed by atoms with van der Waals surface area (Å²) in [6.45, 7) is 9.34. The van der Waals surface area contributed by atoms with Gasteiger partial charge in [-0.05, 0) is 37.1 Å². The Balaban J connectivity index is 2.18. The smallest absolute Gasteiger partial charge is 0.127 e. The van der Waals surface area contributed by atoms with Crippen LogP contribution >= 0.6 is 0 Å². The van der Waals surface area contributed by atoms with E-state index in [0.29, 0.717) is 5.75 Å². The van der Waals surface area contributed by atoms with Crippen LogP contribution in [-0.2, 0) is 10.8 Å². The predicted molar refractivity (Wildman–Crippen MR) is 129 cm³/mol. The highest BCUT2D eigenvalue weighted by Gasteiger charge is 2.38. The van der Waals surface area contributed by atoms with Crippen molar-refractivity contribution in [3.63, 3.8) is 0 Å². The molecule has 0 N–H and O–H groups in total. The zero-order chi connectivity index (χ0) is 21.6. The molecule has 0 aromatic heterocycles. The molecule has 0 radical (unpaired) electrons. The largest absolute Gasteiger partial charge is 0.496 e. The lowest BCUT2D eigenvalue weighted by molar-refractivity contribution is 0.272. The fraction of sp³-hybridized carbons (Fsp3) is 0.462. The fourth-order valence-corrected chi connectivity index (χ4v) is 6.22. The standard InChI is InChI=1S/C26H35NO2S/c1-5-8-15-26(16-9-6-2)19-27(22-13-11-10-12-14-22)23-17-21(7-3)24(29-4)18-25(23)30(28)20-26/h7,10-14,17-18H,3,5-6,8-9,15-16,19-20H2,1-2,4H3. The van der Waals surface area contributed by atoms with E-state index in [1.54, 1.807) is 7.11 Å². The zero-order valence-electron chi connectivity index (χ0n) is 18.7. The summed E-state index contributed by atoms with van der Waals surface area (Å²) in [4.78, 5) is 3.26. The monoisotopic (exact) mass is 425 g/mol. The van der Waals surface area contributed by atoms with Gasteiger partial charge in [0.15, 0.2) is 0 Å². The van der Waals surface area contributed by atoms with E-state index in [9.17, 15) is 4.21 Å². The highest BCUT2D eigenvalue weighted by atomic mass is 32.2. The van der Waals surface area contributed by atoms with Gasteiger partial charge in [-0.3, -0.25) is 4.21 Å². The van der Waals surface area contributed by atoms with Crippen LogP contribution in [0.5, 0.6) is 5.75 Å². The Kier molecular flexibility index (Phi) is 7.76. The molecule has 0 saturated carbocycles. The molecule has 2 aromatic rings. The fourth-order valence-electron chi connectivity index (χ4n) is 4.49.